The summed E-state index contributed by atoms with van der Waals surface area (Å²) in [5.41, 5.74) is -0.992. The lowest BCUT2D eigenvalue weighted by Gasteiger charge is -2.52. The van der Waals surface area contributed by atoms with Crippen LogP contribution in [0.15, 0.2) is 52.2 Å². The van der Waals surface area contributed by atoms with Crippen molar-refractivity contribution in [1.82, 2.24) is 9.55 Å². The molecular formula is C28H42N2O8Si2. The van der Waals surface area contributed by atoms with Gasteiger partial charge in [-0.1, -0.05) is 85.7 Å². The van der Waals surface area contributed by atoms with E-state index in [1.807, 2.05) is 6.07 Å². The van der Waals surface area contributed by atoms with Gasteiger partial charge >= 0.3 is 22.8 Å². The Morgan fingerprint density at radius 1 is 0.850 bits per heavy atom. The molecular weight excluding hydrogens is 548 g/mol. The van der Waals surface area contributed by atoms with Gasteiger partial charge in [0, 0.05) is 17.8 Å². The Labute approximate surface area is 237 Å². The second-order valence-electron chi connectivity index (χ2n) is 12.0. The van der Waals surface area contributed by atoms with Crippen molar-refractivity contribution in [1.29, 1.82) is 0 Å². The molecule has 2 saturated heterocycles. The molecule has 3 heterocycles. The van der Waals surface area contributed by atoms with Gasteiger partial charge in [-0.3, -0.25) is 19.1 Å². The van der Waals surface area contributed by atoms with Gasteiger partial charge in [0.15, 0.2) is 12.0 Å². The predicted octanol–water partition coefficient (Wildman–Crippen LogP) is 4.00. The molecule has 2 aliphatic rings. The normalized spacial score (nSPS) is 28.1. The van der Waals surface area contributed by atoms with Crippen LogP contribution in [0.3, 0.4) is 0 Å². The highest BCUT2D eigenvalue weighted by Crippen LogP contribution is 2.49. The summed E-state index contributed by atoms with van der Waals surface area (Å²) in [7, 11) is -6.37. The molecule has 0 bridgehead atoms. The SMILES string of the molecule is CC(C)[Si]1(C(C)C)OC(C(=O)c2ccccc2)[C@H]2O[C@@H](n3ccc(=O)[nH]c3=O)[C@H](O)[C@H]2O[Si](C(C)C)(C(C)C)O1. The van der Waals surface area contributed by atoms with Gasteiger partial charge in [0.25, 0.3) is 5.56 Å². The lowest BCUT2D eigenvalue weighted by Crippen LogP contribution is -2.68. The molecule has 4 rings (SSSR count). The third-order valence-corrected chi connectivity index (χ3v) is 18.4. The molecule has 5 atom stereocenters. The van der Waals surface area contributed by atoms with Gasteiger partial charge < -0.3 is 22.8 Å². The number of nitrogens with zero attached hydrogens (tertiary/aromatic N) is 1. The number of aromatic nitrogens is 2. The van der Waals surface area contributed by atoms with Crippen LogP contribution in [0.1, 0.15) is 72.0 Å². The maximum Gasteiger partial charge on any atom is 0.335 e. The quantitative estimate of drug-likeness (QED) is 0.366. The summed E-state index contributed by atoms with van der Waals surface area (Å²) in [6.07, 6.45) is -4.51. The summed E-state index contributed by atoms with van der Waals surface area (Å²) in [5, 5.41) is 11.7. The molecule has 1 aromatic carbocycles. The van der Waals surface area contributed by atoms with E-state index in [1.54, 1.807) is 24.3 Å². The molecule has 40 heavy (non-hydrogen) atoms. The number of carbonyl (C=O) groups is 1. The Kier molecular flexibility index (Phi) is 8.91. The van der Waals surface area contributed by atoms with Crippen molar-refractivity contribution < 1.29 is 27.6 Å². The van der Waals surface area contributed by atoms with Crippen LogP contribution in [0.4, 0.5) is 0 Å². The van der Waals surface area contributed by atoms with Crippen LogP contribution in [0.5, 0.6) is 0 Å². The summed E-state index contributed by atoms with van der Waals surface area (Å²) in [4.78, 5) is 40.9. The van der Waals surface area contributed by atoms with Crippen LogP contribution < -0.4 is 11.2 Å². The first-order chi connectivity index (χ1) is 18.7. The number of rotatable bonds is 7. The van der Waals surface area contributed by atoms with Gasteiger partial charge in [0.05, 0.1) is 0 Å². The van der Waals surface area contributed by atoms with Gasteiger partial charge in [-0.05, 0) is 22.2 Å². The molecule has 0 spiro atoms. The second-order valence-corrected chi connectivity index (χ2v) is 20.8. The fourth-order valence-electron chi connectivity index (χ4n) is 6.01. The standard InChI is InChI=1S/C28H42N2O8Si2/c1-16(2)39(17(3)4)36-24(22(32)20-12-10-9-11-13-20)26-25(37-40(38-39,18(5)6)19(7)8)23(33)27(35-26)30-15-14-21(31)29-28(30)34/h9-19,23-27,33H,1-8H3,(H,29,31,34)/t23-,24?,25-,26-,27-/m1/s1. The molecule has 1 aromatic heterocycles. The van der Waals surface area contributed by atoms with Gasteiger partial charge in [0.1, 0.15) is 24.4 Å². The van der Waals surface area contributed by atoms with Crippen molar-refractivity contribution in [2.75, 3.05) is 0 Å². The van der Waals surface area contributed by atoms with Gasteiger partial charge in [-0.25, -0.2) is 4.79 Å². The summed E-state index contributed by atoms with van der Waals surface area (Å²) in [5.74, 6) is -0.314. The molecule has 0 radical (unpaired) electrons. The Morgan fingerprint density at radius 3 is 1.93 bits per heavy atom. The molecule has 1 unspecified atom stereocenters. The van der Waals surface area contributed by atoms with Crippen molar-refractivity contribution in [3.05, 3.63) is 69.0 Å². The molecule has 2 aliphatic heterocycles. The van der Waals surface area contributed by atoms with E-state index >= 15 is 0 Å². The van der Waals surface area contributed by atoms with Crippen LogP contribution in [0.2, 0.25) is 22.2 Å². The zero-order valence-corrected chi connectivity index (χ0v) is 26.5. The van der Waals surface area contributed by atoms with Crippen molar-refractivity contribution in [2.45, 2.75) is 108 Å². The number of H-pyrrole nitrogens is 1. The van der Waals surface area contributed by atoms with Crippen LogP contribution in [0.25, 0.3) is 0 Å². The number of ketones is 1. The summed E-state index contributed by atoms with van der Waals surface area (Å²) in [6, 6.07) is 9.99. The minimum Gasteiger partial charge on any atom is -0.414 e. The van der Waals surface area contributed by atoms with Crippen molar-refractivity contribution in [2.24, 2.45) is 0 Å². The first kappa shape index (κ1) is 30.8. The predicted molar refractivity (Wildman–Crippen MR) is 155 cm³/mol. The number of aliphatic hydroxyl groups excluding tert-OH is 1. The van der Waals surface area contributed by atoms with Crippen LogP contribution in [-0.4, -0.2) is 62.0 Å². The van der Waals surface area contributed by atoms with E-state index in [-0.39, 0.29) is 27.9 Å². The monoisotopic (exact) mass is 590 g/mol. The molecule has 2 fully saturated rings. The molecule has 0 aliphatic carbocycles. The maximum absolute atomic E-state index is 14.2. The lowest BCUT2D eigenvalue weighted by molar-refractivity contribution is -0.0827. The average molecular weight is 591 g/mol. The first-order valence-electron chi connectivity index (χ1n) is 14.0. The fraction of sp³-hybridized carbons (Fsp3) is 0.607. The number of fused-ring (bicyclic) bond motifs is 1. The summed E-state index contributed by atoms with van der Waals surface area (Å²) in [6.45, 7) is 16.5. The van der Waals surface area contributed by atoms with Crippen molar-refractivity contribution >= 4 is 22.9 Å². The van der Waals surface area contributed by atoms with Crippen LogP contribution >= 0.6 is 0 Å². The second kappa shape index (κ2) is 11.6. The Hall–Kier alpha value is -2.20. The number of aliphatic hydroxyl groups is 1. The van der Waals surface area contributed by atoms with Gasteiger partial charge in [-0.15, -0.1) is 0 Å². The zero-order valence-electron chi connectivity index (χ0n) is 24.5. The molecule has 220 valence electrons. The number of aromatic amines is 1. The van der Waals surface area contributed by atoms with Crippen LogP contribution in [-0.2, 0) is 17.7 Å². The van der Waals surface area contributed by atoms with E-state index in [2.05, 4.69) is 60.4 Å². The number of nitrogens with one attached hydrogen (secondary N) is 1. The highest BCUT2D eigenvalue weighted by atomic mass is 28.5. The van der Waals surface area contributed by atoms with Crippen LogP contribution in [0, 0.1) is 0 Å². The minimum absolute atomic E-state index is 0.0236. The summed E-state index contributed by atoms with van der Waals surface area (Å²) < 4.78 is 28.8. The number of hydrogen-bond donors (Lipinski definition) is 2. The number of ether oxygens (including phenoxy) is 1. The molecule has 2 aromatic rings. The van der Waals surface area contributed by atoms with E-state index in [9.17, 15) is 19.5 Å². The lowest BCUT2D eigenvalue weighted by atomic mass is 9.98. The molecule has 12 heteroatoms. The Balaban J connectivity index is 1.94. The van der Waals surface area contributed by atoms with Crippen molar-refractivity contribution in [3.63, 3.8) is 0 Å². The minimum atomic E-state index is -3.20. The van der Waals surface area contributed by atoms with E-state index in [0.29, 0.717) is 5.56 Å². The van der Waals surface area contributed by atoms with Gasteiger partial charge in [-0.2, -0.15) is 0 Å². The van der Waals surface area contributed by atoms with E-state index in [1.165, 1.54) is 12.3 Å². The number of Topliss-reactive ketones (excluding diaryl/α,β-unsaturated/α-hetero) is 1. The van der Waals surface area contributed by atoms with Gasteiger partial charge in [0.2, 0.25) is 0 Å². The third-order valence-electron chi connectivity index (χ3n) is 8.16. The van der Waals surface area contributed by atoms with E-state index in [0.717, 1.165) is 4.57 Å². The Bertz CT molecular complexity index is 1290. The number of benzene rings is 1. The topological polar surface area (TPSA) is 129 Å². The number of carbonyl (C=O) groups excluding carboxylic acids is 1. The molecule has 0 amide bonds. The molecule has 0 saturated carbocycles. The first-order valence-corrected chi connectivity index (χ1v) is 18.0. The summed E-state index contributed by atoms with van der Waals surface area (Å²) >= 11 is 0. The van der Waals surface area contributed by atoms with Crippen molar-refractivity contribution in [3.8, 4) is 0 Å². The van der Waals surface area contributed by atoms with E-state index in [4.69, 9.17) is 17.7 Å². The number of hydrogen-bond acceptors (Lipinski definition) is 8. The highest BCUT2D eigenvalue weighted by Gasteiger charge is 2.64. The highest BCUT2D eigenvalue weighted by molar-refractivity contribution is 6.84. The molecule has 10 nitrogen and oxygen atoms in total. The Morgan fingerprint density at radius 2 is 1.40 bits per heavy atom. The smallest absolute Gasteiger partial charge is 0.335 e. The maximum atomic E-state index is 14.2. The van der Waals surface area contributed by atoms with E-state index < -0.39 is 59.0 Å². The average Bonchev–Trinajstić information content (AvgIpc) is 3.18. The molecule has 2 N–H and O–H groups in total. The largest absolute Gasteiger partial charge is 0.414 e. The fourth-order valence-corrected chi connectivity index (χ4v) is 17.3. The third kappa shape index (κ3) is 5.26. The zero-order chi connectivity index (χ0) is 29.6.